The van der Waals surface area contributed by atoms with Crippen molar-refractivity contribution >= 4 is 45.0 Å². The summed E-state index contributed by atoms with van der Waals surface area (Å²) in [7, 11) is 0. The molecule has 3 amide bonds. The summed E-state index contributed by atoms with van der Waals surface area (Å²) in [6.45, 7) is 3.24. The molecule has 0 spiro atoms. The molecule has 0 atom stereocenters. The quantitative estimate of drug-likeness (QED) is 0.722. The molecule has 1 saturated heterocycles. The number of hydrogen-bond acceptors (Lipinski definition) is 5. The SMILES string of the molecule is CC(=O)Nc1nc(C(=O)N2CCN(C(=O)c3ccc4ccccc4c3)CC2)cs1. The lowest BCUT2D eigenvalue weighted by atomic mass is 10.1. The van der Waals surface area contributed by atoms with Crippen molar-refractivity contribution in [2.45, 2.75) is 6.92 Å². The molecule has 0 bridgehead atoms. The molecule has 8 heteroatoms. The van der Waals surface area contributed by atoms with Gasteiger partial charge in [0.05, 0.1) is 0 Å². The van der Waals surface area contributed by atoms with Crippen molar-refractivity contribution in [2.75, 3.05) is 31.5 Å². The molecule has 0 aliphatic carbocycles. The molecule has 4 rings (SSSR count). The highest BCUT2D eigenvalue weighted by Crippen LogP contribution is 2.20. The summed E-state index contributed by atoms with van der Waals surface area (Å²) in [5.74, 6) is -0.431. The average Bonchev–Trinajstić information content (AvgIpc) is 3.20. The van der Waals surface area contributed by atoms with Crippen LogP contribution in [0.15, 0.2) is 47.8 Å². The van der Waals surface area contributed by atoms with E-state index >= 15 is 0 Å². The molecule has 0 saturated carbocycles. The molecule has 2 aromatic carbocycles. The highest BCUT2D eigenvalue weighted by molar-refractivity contribution is 7.14. The van der Waals surface area contributed by atoms with E-state index < -0.39 is 0 Å². The minimum absolute atomic E-state index is 0.0237. The smallest absolute Gasteiger partial charge is 0.273 e. The third kappa shape index (κ3) is 4.12. The number of amides is 3. The Balaban J connectivity index is 1.39. The van der Waals surface area contributed by atoms with E-state index in [0.29, 0.717) is 42.6 Å². The Labute approximate surface area is 171 Å². The normalized spacial score (nSPS) is 14.1. The van der Waals surface area contributed by atoms with Crippen LogP contribution in [-0.4, -0.2) is 58.7 Å². The lowest BCUT2D eigenvalue weighted by Gasteiger charge is -2.34. The van der Waals surface area contributed by atoms with E-state index in [1.165, 1.54) is 18.3 Å². The number of hydrogen-bond donors (Lipinski definition) is 1. The van der Waals surface area contributed by atoms with Gasteiger partial charge in [0.2, 0.25) is 5.91 Å². The van der Waals surface area contributed by atoms with Crippen molar-refractivity contribution < 1.29 is 14.4 Å². The molecule has 0 radical (unpaired) electrons. The maximum atomic E-state index is 12.9. The molecular formula is C21H20N4O3S. The number of rotatable bonds is 3. The van der Waals surface area contributed by atoms with Crippen LogP contribution in [-0.2, 0) is 4.79 Å². The predicted molar refractivity (Wildman–Crippen MR) is 112 cm³/mol. The molecule has 148 valence electrons. The molecule has 1 fully saturated rings. The Bertz CT molecular complexity index is 1090. The van der Waals surface area contributed by atoms with Crippen LogP contribution >= 0.6 is 11.3 Å². The second-order valence-electron chi connectivity index (χ2n) is 6.87. The number of benzene rings is 2. The Morgan fingerprint density at radius 1 is 0.931 bits per heavy atom. The number of aromatic nitrogens is 1. The lowest BCUT2D eigenvalue weighted by molar-refractivity contribution is -0.114. The van der Waals surface area contributed by atoms with Gasteiger partial charge in [0.25, 0.3) is 11.8 Å². The average molecular weight is 408 g/mol. The Hall–Kier alpha value is -3.26. The zero-order valence-corrected chi connectivity index (χ0v) is 16.7. The van der Waals surface area contributed by atoms with Crippen LogP contribution in [0.4, 0.5) is 5.13 Å². The van der Waals surface area contributed by atoms with Crippen LogP contribution < -0.4 is 5.32 Å². The van der Waals surface area contributed by atoms with Gasteiger partial charge in [0, 0.05) is 44.0 Å². The first-order valence-electron chi connectivity index (χ1n) is 9.32. The van der Waals surface area contributed by atoms with Gasteiger partial charge in [-0.25, -0.2) is 4.98 Å². The summed E-state index contributed by atoms with van der Waals surface area (Å²) in [5, 5.41) is 6.76. The van der Waals surface area contributed by atoms with E-state index in [-0.39, 0.29) is 17.7 Å². The molecule has 2 heterocycles. The van der Waals surface area contributed by atoms with Crippen molar-refractivity contribution in [3.05, 3.63) is 59.1 Å². The van der Waals surface area contributed by atoms with Crippen LogP contribution in [0, 0.1) is 0 Å². The molecule has 29 heavy (non-hydrogen) atoms. The molecule has 7 nitrogen and oxygen atoms in total. The number of fused-ring (bicyclic) bond motifs is 1. The summed E-state index contributed by atoms with van der Waals surface area (Å²) < 4.78 is 0. The maximum Gasteiger partial charge on any atom is 0.273 e. The van der Waals surface area contributed by atoms with E-state index in [2.05, 4.69) is 10.3 Å². The van der Waals surface area contributed by atoms with E-state index in [9.17, 15) is 14.4 Å². The lowest BCUT2D eigenvalue weighted by Crippen LogP contribution is -2.50. The summed E-state index contributed by atoms with van der Waals surface area (Å²) >= 11 is 1.22. The number of carbonyl (C=O) groups is 3. The van der Waals surface area contributed by atoms with Gasteiger partial charge < -0.3 is 15.1 Å². The molecule has 3 aromatic rings. The van der Waals surface area contributed by atoms with E-state index in [1.807, 2.05) is 42.5 Å². The maximum absolute atomic E-state index is 12.9. The number of thiazole rings is 1. The van der Waals surface area contributed by atoms with Crippen molar-refractivity contribution in [1.29, 1.82) is 0 Å². The zero-order valence-electron chi connectivity index (χ0n) is 15.9. The fourth-order valence-corrected chi connectivity index (χ4v) is 4.09. The van der Waals surface area contributed by atoms with E-state index in [1.54, 1.807) is 15.2 Å². The van der Waals surface area contributed by atoms with Gasteiger partial charge in [-0.15, -0.1) is 11.3 Å². The van der Waals surface area contributed by atoms with Gasteiger partial charge in [-0.2, -0.15) is 0 Å². The first-order chi connectivity index (χ1) is 14.0. The second-order valence-corrected chi connectivity index (χ2v) is 7.72. The minimum Gasteiger partial charge on any atom is -0.335 e. The molecule has 1 aromatic heterocycles. The highest BCUT2D eigenvalue weighted by Gasteiger charge is 2.26. The minimum atomic E-state index is -0.223. The highest BCUT2D eigenvalue weighted by atomic mass is 32.1. The third-order valence-electron chi connectivity index (χ3n) is 4.86. The fraction of sp³-hybridized carbons (Fsp3) is 0.238. The standard InChI is InChI=1S/C21H20N4O3S/c1-14(26)22-21-23-18(13-29-21)20(28)25-10-8-24(9-11-25)19(27)17-7-6-15-4-2-3-5-16(15)12-17/h2-7,12-13H,8-11H2,1H3,(H,22,23,26). The first kappa shape index (κ1) is 19.1. The predicted octanol–water partition coefficient (Wildman–Crippen LogP) is 2.85. The largest absolute Gasteiger partial charge is 0.335 e. The van der Waals surface area contributed by atoms with Crippen LogP contribution in [0.25, 0.3) is 10.8 Å². The first-order valence-corrected chi connectivity index (χ1v) is 10.2. The topological polar surface area (TPSA) is 82.6 Å². The summed E-state index contributed by atoms with van der Waals surface area (Å²) in [6.07, 6.45) is 0. The molecule has 1 N–H and O–H groups in total. The third-order valence-corrected chi connectivity index (χ3v) is 5.61. The number of piperazine rings is 1. The summed E-state index contributed by atoms with van der Waals surface area (Å²) in [4.78, 5) is 44.3. The summed E-state index contributed by atoms with van der Waals surface area (Å²) in [5.41, 5.74) is 0.969. The van der Waals surface area contributed by atoms with E-state index in [4.69, 9.17) is 0 Å². The van der Waals surface area contributed by atoms with Gasteiger partial charge >= 0.3 is 0 Å². The Morgan fingerprint density at radius 2 is 1.59 bits per heavy atom. The fourth-order valence-electron chi connectivity index (χ4n) is 3.36. The Kier molecular flexibility index (Phi) is 5.26. The number of carbonyl (C=O) groups excluding carboxylic acids is 3. The molecular weight excluding hydrogens is 388 g/mol. The second kappa shape index (κ2) is 8.00. The zero-order chi connectivity index (χ0) is 20.4. The van der Waals surface area contributed by atoms with Gasteiger partial charge in [-0.3, -0.25) is 14.4 Å². The molecule has 1 aliphatic heterocycles. The van der Waals surface area contributed by atoms with Crippen LogP contribution in [0.3, 0.4) is 0 Å². The Morgan fingerprint density at radius 3 is 2.28 bits per heavy atom. The van der Waals surface area contributed by atoms with Crippen molar-refractivity contribution in [3.8, 4) is 0 Å². The van der Waals surface area contributed by atoms with Gasteiger partial charge in [-0.05, 0) is 22.9 Å². The molecule has 1 aliphatic rings. The van der Waals surface area contributed by atoms with Gasteiger partial charge in [-0.1, -0.05) is 30.3 Å². The van der Waals surface area contributed by atoms with Crippen molar-refractivity contribution in [1.82, 2.24) is 14.8 Å². The number of nitrogens with one attached hydrogen (secondary N) is 1. The van der Waals surface area contributed by atoms with Crippen molar-refractivity contribution in [3.63, 3.8) is 0 Å². The molecule has 0 unspecified atom stereocenters. The van der Waals surface area contributed by atoms with E-state index in [0.717, 1.165) is 10.8 Å². The van der Waals surface area contributed by atoms with Gasteiger partial charge in [0.1, 0.15) is 5.69 Å². The summed E-state index contributed by atoms with van der Waals surface area (Å²) in [6, 6.07) is 13.7. The van der Waals surface area contributed by atoms with Crippen molar-refractivity contribution in [2.24, 2.45) is 0 Å². The monoisotopic (exact) mass is 408 g/mol. The number of anilines is 1. The van der Waals surface area contributed by atoms with Crippen LogP contribution in [0.5, 0.6) is 0 Å². The van der Waals surface area contributed by atoms with Crippen LogP contribution in [0.2, 0.25) is 0 Å². The van der Waals surface area contributed by atoms with Crippen LogP contribution in [0.1, 0.15) is 27.8 Å². The van der Waals surface area contributed by atoms with Gasteiger partial charge in [0.15, 0.2) is 5.13 Å². The number of nitrogens with zero attached hydrogens (tertiary/aromatic N) is 3.